The number of rotatable bonds is 5. The van der Waals surface area contributed by atoms with E-state index in [9.17, 15) is 9.59 Å². The highest BCUT2D eigenvalue weighted by molar-refractivity contribution is 7.98. The standard InChI is InChI=1S/C26H24N2O2S/c1-31-23-15-9-8-14-21(23)28-20-16-22(25(28)29)27(17-20)26(30)24(18-10-4-2-5-11-18)19-12-6-3-7-13-19/h2-15,20,22,24H,16-17H2,1H3/t20-,22-/m0/s1. The lowest BCUT2D eigenvalue weighted by atomic mass is 9.89. The number of hydrogen-bond acceptors (Lipinski definition) is 3. The fourth-order valence-corrected chi connectivity index (χ4v) is 5.49. The maximum Gasteiger partial charge on any atom is 0.250 e. The van der Waals surface area contributed by atoms with Crippen molar-refractivity contribution in [3.63, 3.8) is 0 Å². The molecule has 0 aromatic heterocycles. The summed E-state index contributed by atoms with van der Waals surface area (Å²) in [5.74, 6) is -0.358. The Morgan fingerprint density at radius 3 is 2.06 bits per heavy atom. The lowest BCUT2D eigenvalue weighted by molar-refractivity contribution is -0.138. The predicted octanol–water partition coefficient (Wildman–Crippen LogP) is 4.56. The lowest BCUT2D eigenvalue weighted by Gasteiger charge is -2.36. The summed E-state index contributed by atoms with van der Waals surface area (Å²) in [6.45, 7) is 0.578. The Morgan fingerprint density at radius 2 is 1.48 bits per heavy atom. The maximum atomic E-state index is 13.8. The number of thioether (sulfide) groups is 1. The van der Waals surface area contributed by atoms with Gasteiger partial charge in [-0.3, -0.25) is 9.59 Å². The minimum Gasteiger partial charge on any atom is -0.328 e. The Balaban J connectivity index is 1.45. The molecule has 31 heavy (non-hydrogen) atoms. The molecule has 2 fully saturated rings. The topological polar surface area (TPSA) is 40.6 Å². The van der Waals surface area contributed by atoms with Crippen molar-refractivity contribution in [2.75, 3.05) is 17.7 Å². The third-order valence-electron chi connectivity index (χ3n) is 6.31. The van der Waals surface area contributed by atoms with E-state index in [4.69, 9.17) is 0 Å². The zero-order chi connectivity index (χ0) is 21.4. The van der Waals surface area contributed by atoms with Gasteiger partial charge in [-0.1, -0.05) is 72.8 Å². The Morgan fingerprint density at radius 1 is 0.903 bits per heavy atom. The van der Waals surface area contributed by atoms with Crippen molar-refractivity contribution in [2.24, 2.45) is 0 Å². The monoisotopic (exact) mass is 428 g/mol. The van der Waals surface area contributed by atoms with Crippen LogP contribution in [-0.2, 0) is 9.59 Å². The number of amides is 2. The van der Waals surface area contributed by atoms with Crippen LogP contribution in [0.4, 0.5) is 5.69 Å². The zero-order valence-electron chi connectivity index (χ0n) is 17.3. The molecule has 2 heterocycles. The number of anilines is 1. The van der Waals surface area contributed by atoms with Crippen LogP contribution >= 0.6 is 11.8 Å². The molecule has 4 nitrogen and oxygen atoms in total. The normalized spacial score (nSPS) is 20.0. The van der Waals surface area contributed by atoms with Crippen LogP contribution in [-0.4, -0.2) is 41.6 Å². The van der Waals surface area contributed by atoms with Gasteiger partial charge in [0.1, 0.15) is 6.04 Å². The highest BCUT2D eigenvalue weighted by atomic mass is 32.2. The van der Waals surface area contributed by atoms with Gasteiger partial charge in [-0.25, -0.2) is 0 Å². The molecule has 0 spiro atoms. The van der Waals surface area contributed by atoms with Crippen molar-refractivity contribution in [3.05, 3.63) is 96.1 Å². The van der Waals surface area contributed by atoms with Gasteiger partial charge in [0.2, 0.25) is 11.8 Å². The zero-order valence-corrected chi connectivity index (χ0v) is 18.2. The molecule has 2 aliphatic heterocycles. The molecular formula is C26H24N2O2S. The van der Waals surface area contributed by atoms with Gasteiger partial charge in [0.05, 0.1) is 17.6 Å². The number of piperazine rings is 1. The largest absolute Gasteiger partial charge is 0.328 e. The quantitative estimate of drug-likeness (QED) is 0.560. The molecule has 0 aliphatic carbocycles. The fourth-order valence-electron chi connectivity index (χ4n) is 4.90. The molecule has 3 aromatic rings. The van der Waals surface area contributed by atoms with Crippen molar-refractivity contribution >= 4 is 29.3 Å². The van der Waals surface area contributed by atoms with Gasteiger partial charge in [-0.05, 0) is 35.9 Å². The maximum absolute atomic E-state index is 13.8. The van der Waals surface area contributed by atoms with Crippen LogP contribution in [0.25, 0.3) is 0 Å². The highest BCUT2D eigenvalue weighted by Gasteiger charge is 2.53. The number of hydrogen-bond donors (Lipinski definition) is 0. The molecule has 0 N–H and O–H groups in total. The summed E-state index contributed by atoms with van der Waals surface area (Å²) >= 11 is 1.64. The molecule has 0 unspecified atom stereocenters. The number of benzene rings is 3. The van der Waals surface area contributed by atoms with E-state index in [-0.39, 0.29) is 23.9 Å². The van der Waals surface area contributed by atoms with Crippen LogP contribution in [0.1, 0.15) is 23.5 Å². The summed E-state index contributed by atoms with van der Waals surface area (Å²) < 4.78 is 0. The second kappa shape index (κ2) is 8.23. The first-order valence-corrected chi connectivity index (χ1v) is 11.8. The summed E-state index contributed by atoms with van der Waals surface area (Å²) in [6.07, 6.45) is 2.72. The van der Waals surface area contributed by atoms with Gasteiger partial charge >= 0.3 is 0 Å². The second-order valence-electron chi connectivity index (χ2n) is 8.03. The third kappa shape index (κ3) is 3.43. The van der Waals surface area contributed by atoms with Gasteiger partial charge in [0.15, 0.2) is 0 Å². The minimum atomic E-state index is -0.401. The van der Waals surface area contributed by atoms with E-state index in [1.165, 1.54) is 0 Å². The summed E-state index contributed by atoms with van der Waals surface area (Å²) in [5, 5.41) is 0. The molecule has 5 heteroatoms. The van der Waals surface area contributed by atoms with Crippen molar-refractivity contribution in [2.45, 2.75) is 29.3 Å². The number of nitrogens with zero attached hydrogens (tertiary/aromatic N) is 2. The molecule has 2 aliphatic rings. The Hall–Kier alpha value is -3.05. The summed E-state index contributed by atoms with van der Waals surface area (Å²) in [7, 11) is 0. The number of carbonyl (C=O) groups excluding carboxylic acids is 2. The number of fused-ring (bicyclic) bond motifs is 2. The average Bonchev–Trinajstić information content (AvgIpc) is 3.39. The van der Waals surface area contributed by atoms with Crippen LogP contribution in [0.2, 0.25) is 0 Å². The van der Waals surface area contributed by atoms with E-state index in [1.54, 1.807) is 11.8 Å². The minimum absolute atomic E-state index is 0.0102. The number of likely N-dealkylation sites (tertiary alicyclic amines) is 1. The van der Waals surface area contributed by atoms with Crippen LogP contribution < -0.4 is 4.90 Å². The van der Waals surface area contributed by atoms with Crippen molar-refractivity contribution < 1.29 is 9.59 Å². The lowest BCUT2D eigenvalue weighted by Crippen LogP contribution is -2.53. The summed E-state index contributed by atoms with van der Waals surface area (Å²) in [6, 6.07) is 27.4. The Bertz CT molecular complexity index is 1060. The van der Waals surface area contributed by atoms with Crippen LogP contribution in [0.3, 0.4) is 0 Å². The highest BCUT2D eigenvalue weighted by Crippen LogP contribution is 2.41. The van der Waals surface area contributed by atoms with E-state index in [0.29, 0.717) is 13.0 Å². The van der Waals surface area contributed by atoms with E-state index in [0.717, 1.165) is 21.7 Å². The molecule has 5 rings (SSSR count). The van der Waals surface area contributed by atoms with Gasteiger partial charge < -0.3 is 9.80 Å². The average molecular weight is 429 g/mol. The van der Waals surface area contributed by atoms with E-state index < -0.39 is 5.92 Å². The molecule has 2 bridgehead atoms. The van der Waals surface area contributed by atoms with Gasteiger partial charge in [0.25, 0.3) is 0 Å². The van der Waals surface area contributed by atoms with Crippen LogP contribution in [0, 0.1) is 0 Å². The third-order valence-corrected chi connectivity index (χ3v) is 7.09. The van der Waals surface area contributed by atoms with Crippen molar-refractivity contribution in [3.8, 4) is 0 Å². The van der Waals surface area contributed by atoms with Gasteiger partial charge in [-0.2, -0.15) is 0 Å². The fraction of sp³-hybridized carbons (Fsp3) is 0.231. The molecular weight excluding hydrogens is 404 g/mol. The molecule has 0 saturated carbocycles. The Kier molecular flexibility index (Phi) is 5.28. The van der Waals surface area contributed by atoms with Crippen molar-refractivity contribution in [1.82, 2.24) is 4.90 Å². The molecule has 0 radical (unpaired) electrons. The first-order chi connectivity index (χ1) is 15.2. The molecule has 2 atom stereocenters. The first-order valence-electron chi connectivity index (χ1n) is 10.6. The second-order valence-corrected chi connectivity index (χ2v) is 8.88. The summed E-state index contributed by atoms with van der Waals surface area (Å²) in [4.78, 5) is 32.0. The summed E-state index contributed by atoms with van der Waals surface area (Å²) in [5.41, 5.74) is 2.87. The van der Waals surface area contributed by atoms with Crippen molar-refractivity contribution in [1.29, 1.82) is 0 Å². The van der Waals surface area contributed by atoms with E-state index >= 15 is 0 Å². The molecule has 2 saturated heterocycles. The molecule has 156 valence electrons. The first kappa shape index (κ1) is 19.9. The van der Waals surface area contributed by atoms with E-state index in [2.05, 4.69) is 0 Å². The van der Waals surface area contributed by atoms with E-state index in [1.807, 2.05) is 101 Å². The number of para-hydroxylation sites is 1. The van der Waals surface area contributed by atoms with Gasteiger partial charge in [-0.15, -0.1) is 11.8 Å². The van der Waals surface area contributed by atoms with Crippen LogP contribution in [0.5, 0.6) is 0 Å². The van der Waals surface area contributed by atoms with Crippen LogP contribution in [0.15, 0.2) is 89.8 Å². The predicted molar refractivity (Wildman–Crippen MR) is 124 cm³/mol. The molecule has 3 aromatic carbocycles. The van der Waals surface area contributed by atoms with Gasteiger partial charge in [0, 0.05) is 11.4 Å². The smallest absolute Gasteiger partial charge is 0.250 e. The Labute approximate surface area is 186 Å². The molecule has 2 amide bonds. The SMILES string of the molecule is CSc1ccccc1N1C(=O)[C@@H]2C[C@H]1CN2C(=O)C(c1ccccc1)c1ccccc1. The number of carbonyl (C=O) groups is 2.